The first kappa shape index (κ1) is 13.1. The van der Waals surface area contributed by atoms with Gasteiger partial charge in [-0.05, 0) is 50.6 Å². The lowest BCUT2D eigenvalue weighted by atomic mass is 9.74. The second kappa shape index (κ2) is 5.25. The summed E-state index contributed by atoms with van der Waals surface area (Å²) in [7, 11) is 4.05. The Morgan fingerprint density at radius 2 is 2.37 bits per heavy atom. The van der Waals surface area contributed by atoms with Crippen molar-refractivity contribution in [2.24, 2.45) is 18.4 Å². The molecule has 0 amide bonds. The van der Waals surface area contributed by atoms with Crippen molar-refractivity contribution in [2.45, 2.75) is 38.2 Å². The number of rotatable bonds is 6. The Kier molecular flexibility index (Phi) is 3.63. The van der Waals surface area contributed by atoms with E-state index in [1.165, 1.54) is 31.2 Å². The highest BCUT2D eigenvalue weighted by molar-refractivity contribution is 5.07. The zero-order chi connectivity index (χ0) is 13.3. The number of hydrogen-bond acceptors (Lipinski definition) is 3. The van der Waals surface area contributed by atoms with Gasteiger partial charge in [0, 0.05) is 31.8 Å². The van der Waals surface area contributed by atoms with Crippen molar-refractivity contribution in [1.29, 1.82) is 0 Å². The second-order valence-electron chi connectivity index (χ2n) is 6.29. The van der Waals surface area contributed by atoms with E-state index in [0.717, 1.165) is 25.5 Å². The van der Waals surface area contributed by atoms with Gasteiger partial charge in [0.05, 0.1) is 12.3 Å². The average Bonchev–Trinajstić information content (AvgIpc) is 3.02. The van der Waals surface area contributed by atoms with Gasteiger partial charge in [-0.15, -0.1) is 0 Å². The highest BCUT2D eigenvalue weighted by atomic mass is 16.5. The molecule has 19 heavy (non-hydrogen) atoms. The van der Waals surface area contributed by atoms with Crippen molar-refractivity contribution in [3.63, 3.8) is 0 Å². The Hall–Kier alpha value is -0.870. The third-order valence-electron chi connectivity index (χ3n) is 4.75. The van der Waals surface area contributed by atoms with Gasteiger partial charge >= 0.3 is 0 Å². The van der Waals surface area contributed by atoms with E-state index in [1.54, 1.807) is 0 Å². The zero-order valence-corrected chi connectivity index (χ0v) is 12.1. The highest BCUT2D eigenvalue weighted by Crippen LogP contribution is 2.49. The van der Waals surface area contributed by atoms with Crippen LogP contribution in [0.15, 0.2) is 12.4 Å². The number of nitrogens with one attached hydrogen (secondary N) is 1. The number of nitrogens with zero attached hydrogens (tertiary/aromatic N) is 2. The van der Waals surface area contributed by atoms with Crippen LogP contribution in [0.2, 0.25) is 0 Å². The van der Waals surface area contributed by atoms with Gasteiger partial charge in [0.2, 0.25) is 0 Å². The highest BCUT2D eigenvalue weighted by Gasteiger charge is 2.50. The summed E-state index contributed by atoms with van der Waals surface area (Å²) in [6.07, 6.45) is 10.9. The summed E-state index contributed by atoms with van der Waals surface area (Å²) in [5.41, 5.74) is 1.69. The lowest BCUT2D eigenvalue weighted by Gasteiger charge is -2.34. The summed E-state index contributed by atoms with van der Waals surface area (Å²) in [6.45, 7) is 2.02. The van der Waals surface area contributed by atoms with Gasteiger partial charge in [-0.2, -0.15) is 5.10 Å². The monoisotopic (exact) mass is 263 g/mol. The van der Waals surface area contributed by atoms with Crippen molar-refractivity contribution >= 4 is 0 Å². The summed E-state index contributed by atoms with van der Waals surface area (Å²) < 4.78 is 7.97. The predicted molar refractivity (Wildman–Crippen MR) is 75.0 cm³/mol. The molecule has 2 fully saturated rings. The minimum atomic E-state index is 0.339. The number of aromatic nitrogens is 2. The first-order valence-corrected chi connectivity index (χ1v) is 7.47. The maximum Gasteiger partial charge on any atom is 0.0672 e. The minimum absolute atomic E-state index is 0.339. The van der Waals surface area contributed by atoms with Crippen LogP contribution in [-0.2, 0) is 18.2 Å². The maximum absolute atomic E-state index is 6.08. The largest absolute Gasteiger partial charge is 0.377 e. The molecule has 1 N–H and O–H groups in total. The van der Waals surface area contributed by atoms with Crippen LogP contribution >= 0.6 is 0 Å². The third kappa shape index (κ3) is 2.70. The van der Waals surface area contributed by atoms with Crippen molar-refractivity contribution in [3.05, 3.63) is 18.0 Å². The van der Waals surface area contributed by atoms with E-state index in [4.69, 9.17) is 4.74 Å². The number of hydrogen-bond donors (Lipinski definition) is 1. The predicted octanol–water partition coefficient (Wildman–Crippen LogP) is 1.76. The van der Waals surface area contributed by atoms with Crippen LogP contribution in [-0.4, -0.2) is 36.1 Å². The van der Waals surface area contributed by atoms with Crippen molar-refractivity contribution < 1.29 is 4.74 Å². The summed E-state index contributed by atoms with van der Waals surface area (Å²) in [5, 5.41) is 7.67. The molecule has 0 bridgehead atoms. The Balaban J connectivity index is 1.69. The number of ether oxygens (including phenoxy) is 1. The van der Waals surface area contributed by atoms with E-state index in [-0.39, 0.29) is 0 Å². The fraction of sp³-hybridized carbons (Fsp3) is 0.800. The van der Waals surface area contributed by atoms with Gasteiger partial charge in [0.1, 0.15) is 0 Å². The summed E-state index contributed by atoms with van der Waals surface area (Å²) in [5.74, 6) is 0.824. The Bertz CT molecular complexity index is 427. The lowest BCUT2D eigenvalue weighted by Crippen LogP contribution is -2.41. The standard InChI is InChI=1S/C15H25N3O/c1-16-11-15(6-5-12-9-17-18(2)10-12)7-8-19-14(15)13-3-4-13/h9-10,13-14,16H,3-8,11H2,1-2H3. The molecule has 2 unspecified atom stereocenters. The first-order valence-electron chi connectivity index (χ1n) is 7.47. The second-order valence-corrected chi connectivity index (χ2v) is 6.29. The van der Waals surface area contributed by atoms with Gasteiger partial charge in [-0.25, -0.2) is 0 Å². The average molecular weight is 263 g/mol. The molecule has 3 rings (SSSR count). The van der Waals surface area contributed by atoms with Crippen LogP contribution in [0.4, 0.5) is 0 Å². The van der Waals surface area contributed by atoms with Crippen LogP contribution in [0.25, 0.3) is 0 Å². The van der Waals surface area contributed by atoms with E-state index >= 15 is 0 Å². The van der Waals surface area contributed by atoms with Crippen LogP contribution in [0, 0.1) is 11.3 Å². The molecule has 1 aromatic rings. The molecule has 2 heterocycles. The van der Waals surface area contributed by atoms with Gasteiger partial charge in [0.25, 0.3) is 0 Å². The van der Waals surface area contributed by atoms with Crippen molar-refractivity contribution in [2.75, 3.05) is 20.2 Å². The SMILES string of the molecule is CNCC1(CCc2cnn(C)c2)CCOC1C1CC1. The molecule has 4 nitrogen and oxygen atoms in total. The molecular weight excluding hydrogens is 238 g/mol. The van der Waals surface area contributed by atoms with E-state index in [0.29, 0.717) is 11.5 Å². The molecule has 1 saturated carbocycles. The number of aryl methyl sites for hydroxylation is 2. The van der Waals surface area contributed by atoms with Gasteiger partial charge in [-0.3, -0.25) is 4.68 Å². The molecule has 2 aliphatic rings. The van der Waals surface area contributed by atoms with Crippen LogP contribution in [0.5, 0.6) is 0 Å². The summed E-state index contributed by atoms with van der Waals surface area (Å²) in [6, 6.07) is 0. The fourth-order valence-electron chi connectivity index (χ4n) is 3.63. The van der Waals surface area contributed by atoms with E-state index in [1.807, 2.05) is 17.9 Å². The molecule has 4 heteroatoms. The Morgan fingerprint density at radius 1 is 1.53 bits per heavy atom. The molecule has 1 aromatic heterocycles. The zero-order valence-electron chi connectivity index (χ0n) is 12.1. The van der Waals surface area contributed by atoms with Crippen LogP contribution in [0.3, 0.4) is 0 Å². The van der Waals surface area contributed by atoms with Crippen LogP contribution < -0.4 is 5.32 Å². The lowest BCUT2D eigenvalue weighted by molar-refractivity contribution is 0.0275. The molecular formula is C15H25N3O. The van der Waals surface area contributed by atoms with E-state index < -0.39 is 0 Å². The quantitative estimate of drug-likeness (QED) is 0.850. The summed E-state index contributed by atoms with van der Waals surface area (Å²) >= 11 is 0. The van der Waals surface area contributed by atoms with E-state index in [9.17, 15) is 0 Å². The smallest absolute Gasteiger partial charge is 0.0672 e. The Labute approximate surface area is 115 Å². The fourth-order valence-corrected chi connectivity index (χ4v) is 3.63. The Morgan fingerprint density at radius 3 is 3.00 bits per heavy atom. The van der Waals surface area contributed by atoms with Gasteiger partial charge in [-0.1, -0.05) is 0 Å². The van der Waals surface area contributed by atoms with Crippen LogP contribution in [0.1, 0.15) is 31.2 Å². The molecule has 1 aliphatic heterocycles. The molecule has 0 spiro atoms. The van der Waals surface area contributed by atoms with E-state index in [2.05, 4.69) is 23.7 Å². The molecule has 1 saturated heterocycles. The minimum Gasteiger partial charge on any atom is -0.377 e. The molecule has 2 atom stereocenters. The topological polar surface area (TPSA) is 39.1 Å². The maximum atomic E-state index is 6.08. The normalized spacial score (nSPS) is 30.9. The molecule has 1 aliphatic carbocycles. The molecule has 106 valence electrons. The summed E-state index contributed by atoms with van der Waals surface area (Å²) in [4.78, 5) is 0. The van der Waals surface area contributed by atoms with Gasteiger partial charge < -0.3 is 10.1 Å². The first-order chi connectivity index (χ1) is 9.23. The van der Waals surface area contributed by atoms with Crippen molar-refractivity contribution in [1.82, 2.24) is 15.1 Å². The molecule has 0 aromatic carbocycles. The van der Waals surface area contributed by atoms with Crippen molar-refractivity contribution in [3.8, 4) is 0 Å². The third-order valence-corrected chi connectivity index (χ3v) is 4.75. The van der Waals surface area contributed by atoms with Gasteiger partial charge in [0.15, 0.2) is 0 Å². The molecule has 0 radical (unpaired) electrons.